The smallest absolute Gasteiger partial charge is 0.161 e. The van der Waals surface area contributed by atoms with Gasteiger partial charge < -0.3 is 15.2 Å². The second kappa shape index (κ2) is 6.49. The van der Waals surface area contributed by atoms with E-state index in [9.17, 15) is 18.3 Å². The Bertz CT molecular complexity index is 617. The van der Waals surface area contributed by atoms with E-state index in [0.29, 0.717) is 17.5 Å². The van der Waals surface area contributed by atoms with Gasteiger partial charge in [-0.05, 0) is 30.3 Å². The lowest BCUT2D eigenvalue weighted by molar-refractivity contribution is 0.273. The molecule has 2 aromatic carbocycles. The van der Waals surface area contributed by atoms with Crippen LogP contribution in [0.5, 0.6) is 5.75 Å². The van der Waals surface area contributed by atoms with E-state index in [1.165, 1.54) is 7.11 Å². The highest BCUT2D eigenvalue weighted by Gasteiger charge is 2.18. The van der Waals surface area contributed by atoms with Crippen molar-refractivity contribution in [2.45, 2.75) is 6.04 Å². The fraction of sp³-hybridized carbons (Fsp3) is 0.200. The van der Waals surface area contributed by atoms with Crippen LogP contribution in [0.1, 0.15) is 11.6 Å². The first kappa shape index (κ1) is 15.2. The standard InChI is InChI=1S/C15H14F3NO2/c1-21-10-4-2-9(3-5-10)19-15(8-20)11-6-13(17)14(18)7-12(11)16/h2-7,15,19-20H,8H2,1H3. The molecule has 2 N–H and O–H groups in total. The quantitative estimate of drug-likeness (QED) is 0.832. The van der Waals surface area contributed by atoms with Crippen LogP contribution in [0.2, 0.25) is 0 Å². The second-order valence-electron chi connectivity index (χ2n) is 4.40. The maximum Gasteiger partial charge on any atom is 0.161 e. The van der Waals surface area contributed by atoms with E-state index in [4.69, 9.17) is 4.74 Å². The molecular formula is C15H14F3NO2. The molecule has 0 aliphatic rings. The van der Waals surface area contributed by atoms with Gasteiger partial charge in [-0.2, -0.15) is 0 Å². The number of anilines is 1. The summed E-state index contributed by atoms with van der Waals surface area (Å²) in [5, 5.41) is 12.2. The highest BCUT2D eigenvalue weighted by atomic mass is 19.2. The van der Waals surface area contributed by atoms with Crippen molar-refractivity contribution in [2.75, 3.05) is 19.0 Å². The molecule has 0 saturated heterocycles. The number of hydrogen-bond acceptors (Lipinski definition) is 3. The Hall–Kier alpha value is -2.21. The third-order valence-electron chi connectivity index (χ3n) is 3.03. The third kappa shape index (κ3) is 3.46. The van der Waals surface area contributed by atoms with Gasteiger partial charge in [-0.25, -0.2) is 13.2 Å². The molecule has 0 fully saturated rings. The molecule has 0 bridgehead atoms. The number of aliphatic hydroxyl groups excluding tert-OH is 1. The van der Waals surface area contributed by atoms with Gasteiger partial charge in [0, 0.05) is 17.3 Å². The molecule has 21 heavy (non-hydrogen) atoms. The Balaban J connectivity index is 2.25. The summed E-state index contributed by atoms with van der Waals surface area (Å²) in [6, 6.07) is 6.99. The summed E-state index contributed by atoms with van der Waals surface area (Å²) in [7, 11) is 1.52. The fourth-order valence-electron chi connectivity index (χ4n) is 1.92. The van der Waals surface area contributed by atoms with Crippen molar-refractivity contribution in [3.63, 3.8) is 0 Å². The van der Waals surface area contributed by atoms with Crippen LogP contribution in [-0.2, 0) is 0 Å². The Kier molecular flexibility index (Phi) is 4.70. The molecule has 0 spiro atoms. The van der Waals surface area contributed by atoms with Gasteiger partial charge in [-0.1, -0.05) is 0 Å². The first-order valence-corrected chi connectivity index (χ1v) is 6.21. The monoisotopic (exact) mass is 297 g/mol. The summed E-state index contributed by atoms with van der Waals surface area (Å²) >= 11 is 0. The van der Waals surface area contributed by atoms with Crippen molar-refractivity contribution >= 4 is 5.69 Å². The van der Waals surface area contributed by atoms with E-state index < -0.39 is 30.1 Å². The van der Waals surface area contributed by atoms with E-state index in [1.54, 1.807) is 24.3 Å². The molecule has 0 aliphatic carbocycles. The van der Waals surface area contributed by atoms with E-state index in [2.05, 4.69) is 5.32 Å². The molecule has 112 valence electrons. The first-order chi connectivity index (χ1) is 10.0. The molecule has 0 aromatic heterocycles. The molecular weight excluding hydrogens is 283 g/mol. The van der Waals surface area contributed by atoms with Gasteiger partial charge in [0.1, 0.15) is 11.6 Å². The van der Waals surface area contributed by atoms with Crippen molar-refractivity contribution in [3.8, 4) is 5.75 Å². The van der Waals surface area contributed by atoms with Crippen LogP contribution < -0.4 is 10.1 Å². The molecule has 0 radical (unpaired) electrons. The number of ether oxygens (including phenoxy) is 1. The average molecular weight is 297 g/mol. The van der Waals surface area contributed by atoms with Crippen molar-refractivity contribution in [2.24, 2.45) is 0 Å². The summed E-state index contributed by atoms with van der Waals surface area (Å²) in [6.07, 6.45) is 0. The predicted molar refractivity (Wildman–Crippen MR) is 72.8 cm³/mol. The second-order valence-corrected chi connectivity index (χ2v) is 4.40. The minimum absolute atomic E-state index is 0.146. The number of hydrogen-bond donors (Lipinski definition) is 2. The van der Waals surface area contributed by atoms with Gasteiger partial charge >= 0.3 is 0 Å². The zero-order chi connectivity index (χ0) is 15.4. The van der Waals surface area contributed by atoms with E-state index >= 15 is 0 Å². The molecule has 3 nitrogen and oxygen atoms in total. The summed E-state index contributed by atoms with van der Waals surface area (Å²) in [4.78, 5) is 0. The Labute approximate surface area is 120 Å². The minimum atomic E-state index is -1.27. The number of benzene rings is 2. The van der Waals surface area contributed by atoms with Crippen LogP contribution in [0.25, 0.3) is 0 Å². The first-order valence-electron chi connectivity index (χ1n) is 6.21. The Morgan fingerprint density at radius 2 is 1.67 bits per heavy atom. The zero-order valence-electron chi connectivity index (χ0n) is 11.2. The van der Waals surface area contributed by atoms with Crippen molar-refractivity contribution in [3.05, 3.63) is 59.4 Å². The number of methoxy groups -OCH3 is 1. The van der Waals surface area contributed by atoms with E-state index in [-0.39, 0.29) is 5.56 Å². The number of rotatable bonds is 5. The van der Waals surface area contributed by atoms with Gasteiger partial charge in [0.15, 0.2) is 11.6 Å². The maximum absolute atomic E-state index is 13.7. The minimum Gasteiger partial charge on any atom is -0.497 e. The Morgan fingerprint density at radius 1 is 1.05 bits per heavy atom. The lowest BCUT2D eigenvalue weighted by Crippen LogP contribution is -2.17. The lowest BCUT2D eigenvalue weighted by atomic mass is 10.1. The van der Waals surface area contributed by atoms with Crippen molar-refractivity contribution < 1.29 is 23.0 Å². The normalized spacial score (nSPS) is 12.0. The topological polar surface area (TPSA) is 41.5 Å². The van der Waals surface area contributed by atoms with Gasteiger partial charge in [-0.3, -0.25) is 0 Å². The van der Waals surface area contributed by atoms with Gasteiger partial charge in [0.05, 0.1) is 19.8 Å². The maximum atomic E-state index is 13.7. The molecule has 1 atom stereocenters. The molecule has 0 aliphatic heterocycles. The molecule has 6 heteroatoms. The highest BCUT2D eigenvalue weighted by molar-refractivity contribution is 5.48. The zero-order valence-corrected chi connectivity index (χ0v) is 11.2. The Morgan fingerprint density at radius 3 is 2.24 bits per heavy atom. The van der Waals surface area contributed by atoms with Crippen LogP contribution in [0.4, 0.5) is 18.9 Å². The molecule has 0 amide bonds. The SMILES string of the molecule is COc1ccc(NC(CO)c2cc(F)c(F)cc2F)cc1. The molecule has 0 heterocycles. The van der Waals surface area contributed by atoms with Gasteiger partial charge in [0.25, 0.3) is 0 Å². The third-order valence-corrected chi connectivity index (χ3v) is 3.03. The molecule has 2 aromatic rings. The summed E-state index contributed by atoms with van der Waals surface area (Å²) in [5.74, 6) is -2.71. The highest BCUT2D eigenvalue weighted by Crippen LogP contribution is 2.25. The summed E-state index contributed by atoms with van der Waals surface area (Å²) in [6.45, 7) is -0.478. The average Bonchev–Trinajstić information content (AvgIpc) is 2.49. The number of halogens is 3. The van der Waals surface area contributed by atoms with Crippen LogP contribution >= 0.6 is 0 Å². The summed E-state index contributed by atoms with van der Waals surface area (Å²) in [5.41, 5.74) is 0.436. The lowest BCUT2D eigenvalue weighted by Gasteiger charge is -2.19. The van der Waals surface area contributed by atoms with Crippen LogP contribution in [0.3, 0.4) is 0 Å². The van der Waals surface area contributed by atoms with Crippen molar-refractivity contribution in [1.29, 1.82) is 0 Å². The predicted octanol–water partition coefficient (Wildman–Crippen LogP) is 3.26. The van der Waals surface area contributed by atoms with E-state index in [1.807, 2.05) is 0 Å². The molecule has 0 saturated carbocycles. The van der Waals surface area contributed by atoms with E-state index in [0.717, 1.165) is 6.07 Å². The number of nitrogens with one attached hydrogen (secondary N) is 1. The largest absolute Gasteiger partial charge is 0.497 e. The number of aliphatic hydroxyl groups is 1. The van der Waals surface area contributed by atoms with Crippen molar-refractivity contribution in [1.82, 2.24) is 0 Å². The molecule has 2 rings (SSSR count). The molecule has 1 unspecified atom stereocenters. The van der Waals surface area contributed by atoms with Gasteiger partial charge in [0.2, 0.25) is 0 Å². The van der Waals surface area contributed by atoms with Crippen LogP contribution in [-0.4, -0.2) is 18.8 Å². The summed E-state index contributed by atoms with van der Waals surface area (Å²) < 4.78 is 44.9. The van der Waals surface area contributed by atoms with Gasteiger partial charge in [-0.15, -0.1) is 0 Å². The van der Waals surface area contributed by atoms with Crippen LogP contribution in [0, 0.1) is 17.5 Å². The fourth-order valence-corrected chi connectivity index (χ4v) is 1.92. The van der Waals surface area contributed by atoms with Crippen LogP contribution in [0.15, 0.2) is 36.4 Å².